The lowest BCUT2D eigenvalue weighted by molar-refractivity contribution is -0.0922. The van der Waals surface area contributed by atoms with Crippen LogP contribution in [0.3, 0.4) is 0 Å². The Hall–Kier alpha value is -0.160. The minimum atomic E-state index is 0.272. The standard InChI is InChI=1S/C15H29N3O/c1-2-19-14-5-9-18(10-6-14)15(11-16)12-17-7-3-13(15)4-8-17/h13-14H,2-12,16H2,1H3. The van der Waals surface area contributed by atoms with Gasteiger partial charge in [-0.3, -0.25) is 4.90 Å². The van der Waals surface area contributed by atoms with Gasteiger partial charge in [0, 0.05) is 38.3 Å². The van der Waals surface area contributed by atoms with Crippen LogP contribution in [-0.4, -0.2) is 67.3 Å². The van der Waals surface area contributed by atoms with E-state index in [9.17, 15) is 0 Å². The second-order valence-corrected chi connectivity index (χ2v) is 6.50. The molecule has 4 aliphatic heterocycles. The monoisotopic (exact) mass is 267 g/mol. The van der Waals surface area contributed by atoms with E-state index in [-0.39, 0.29) is 5.54 Å². The molecular formula is C15H29N3O. The second kappa shape index (κ2) is 5.68. The highest BCUT2D eigenvalue weighted by molar-refractivity contribution is 5.06. The van der Waals surface area contributed by atoms with E-state index in [1.165, 1.54) is 58.4 Å². The molecule has 2 bridgehead atoms. The van der Waals surface area contributed by atoms with E-state index in [1.807, 2.05) is 0 Å². The fraction of sp³-hybridized carbons (Fsp3) is 1.00. The summed E-state index contributed by atoms with van der Waals surface area (Å²) in [4.78, 5) is 5.33. The maximum Gasteiger partial charge on any atom is 0.0599 e. The van der Waals surface area contributed by atoms with Gasteiger partial charge in [0.2, 0.25) is 0 Å². The highest BCUT2D eigenvalue weighted by Crippen LogP contribution is 2.40. The van der Waals surface area contributed by atoms with Gasteiger partial charge in [-0.05, 0) is 51.6 Å². The van der Waals surface area contributed by atoms with E-state index >= 15 is 0 Å². The van der Waals surface area contributed by atoms with Crippen molar-refractivity contribution in [3.8, 4) is 0 Å². The lowest BCUT2D eigenvalue weighted by Gasteiger charge is -2.59. The molecule has 4 nitrogen and oxygen atoms in total. The van der Waals surface area contributed by atoms with Crippen molar-refractivity contribution in [1.29, 1.82) is 0 Å². The van der Waals surface area contributed by atoms with Crippen molar-refractivity contribution in [1.82, 2.24) is 9.80 Å². The molecule has 110 valence electrons. The van der Waals surface area contributed by atoms with E-state index < -0.39 is 0 Å². The zero-order chi connectivity index (χ0) is 13.3. The third-order valence-electron chi connectivity index (χ3n) is 5.67. The normalized spacial score (nSPS) is 40.7. The van der Waals surface area contributed by atoms with Gasteiger partial charge in [0.15, 0.2) is 0 Å². The number of hydrogen-bond donors (Lipinski definition) is 1. The van der Waals surface area contributed by atoms with Crippen molar-refractivity contribution in [2.45, 2.75) is 44.2 Å². The molecule has 0 spiro atoms. The molecule has 0 aromatic heterocycles. The molecule has 0 radical (unpaired) electrons. The summed E-state index contributed by atoms with van der Waals surface area (Å²) in [5.74, 6) is 0.825. The van der Waals surface area contributed by atoms with Crippen molar-refractivity contribution in [3.63, 3.8) is 0 Å². The van der Waals surface area contributed by atoms with Gasteiger partial charge in [-0.1, -0.05) is 0 Å². The van der Waals surface area contributed by atoms with Crippen LogP contribution >= 0.6 is 0 Å². The van der Waals surface area contributed by atoms with E-state index in [0.717, 1.165) is 19.1 Å². The highest BCUT2D eigenvalue weighted by atomic mass is 16.5. The molecule has 4 rings (SSSR count). The van der Waals surface area contributed by atoms with Crippen molar-refractivity contribution in [2.24, 2.45) is 11.7 Å². The molecule has 1 unspecified atom stereocenters. The molecule has 0 amide bonds. The molecule has 0 aromatic carbocycles. The van der Waals surface area contributed by atoms with Crippen LogP contribution in [0, 0.1) is 5.92 Å². The van der Waals surface area contributed by atoms with Crippen molar-refractivity contribution in [2.75, 3.05) is 45.9 Å². The predicted octanol–water partition coefficient (Wildman–Crippen LogP) is 0.910. The van der Waals surface area contributed by atoms with Crippen LogP contribution < -0.4 is 5.73 Å². The first-order valence-corrected chi connectivity index (χ1v) is 8.07. The number of piperidine rings is 4. The Morgan fingerprint density at radius 1 is 1.11 bits per heavy atom. The smallest absolute Gasteiger partial charge is 0.0599 e. The summed E-state index contributed by atoms with van der Waals surface area (Å²) in [6.07, 6.45) is 5.55. The number of ether oxygens (including phenoxy) is 1. The summed E-state index contributed by atoms with van der Waals surface area (Å²) in [7, 11) is 0. The lowest BCUT2D eigenvalue weighted by Crippen LogP contribution is -2.71. The van der Waals surface area contributed by atoms with Crippen LogP contribution in [0.25, 0.3) is 0 Å². The van der Waals surface area contributed by atoms with Crippen molar-refractivity contribution >= 4 is 0 Å². The minimum absolute atomic E-state index is 0.272. The van der Waals surface area contributed by atoms with Crippen LogP contribution in [0.1, 0.15) is 32.6 Å². The Balaban J connectivity index is 1.66. The lowest BCUT2D eigenvalue weighted by atomic mass is 9.71. The first-order chi connectivity index (χ1) is 9.28. The molecule has 0 aromatic rings. The third kappa shape index (κ3) is 2.44. The molecule has 4 aliphatic rings. The molecule has 4 heteroatoms. The highest BCUT2D eigenvalue weighted by Gasteiger charge is 2.49. The maximum atomic E-state index is 6.25. The molecule has 4 fully saturated rings. The summed E-state index contributed by atoms with van der Waals surface area (Å²) < 4.78 is 5.78. The summed E-state index contributed by atoms with van der Waals surface area (Å²) >= 11 is 0. The molecule has 1 atom stereocenters. The fourth-order valence-electron chi connectivity index (χ4n) is 4.57. The van der Waals surface area contributed by atoms with Gasteiger partial charge in [0.1, 0.15) is 0 Å². The summed E-state index contributed by atoms with van der Waals surface area (Å²) in [5.41, 5.74) is 6.52. The van der Waals surface area contributed by atoms with Gasteiger partial charge in [-0.15, -0.1) is 0 Å². The van der Waals surface area contributed by atoms with Crippen LogP contribution in [0.15, 0.2) is 0 Å². The molecule has 0 saturated carbocycles. The van der Waals surface area contributed by atoms with E-state index in [1.54, 1.807) is 0 Å². The Bertz CT molecular complexity index is 296. The van der Waals surface area contributed by atoms with Crippen molar-refractivity contribution < 1.29 is 4.74 Å². The Morgan fingerprint density at radius 3 is 2.26 bits per heavy atom. The summed E-state index contributed by atoms with van der Waals surface area (Å²) in [6, 6.07) is 0. The number of likely N-dealkylation sites (tertiary alicyclic amines) is 1. The second-order valence-electron chi connectivity index (χ2n) is 6.50. The van der Waals surface area contributed by atoms with Gasteiger partial charge >= 0.3 is 0 Å². The van der Waals surface area contributed by atoms with Gasteiger partial charge < -0.3 is 15.4 Å². The van der Waals surface area contributed by atoms with Gasteiger partial charge in [0.05, 0.1) is 6.10 Å². The first kappa shape index (κ1) is 13.8. The van der Waals surface area contributed by atoms with Gasteiger partial charge in [-0.2, -0.15) is 0 Å². The third-order valence-corrected chi connectivity index (χ3v) is 5.67. The Labute approximate surface area is 117 Å². The van der Waals surface area contributed by atoms with E-state index in [2.05, 4.69) is 16.7 Å². The van der Waals surface area contributed by atoms with Crippen molar-refractivity contribution in [3.05, 3.63) is 0 Å². The number of fused-ring (bicyclic) bond motifs is 3. The van der Waals surface area contributed by atoms with Crippen LogP contribution in [0.4, 0.5) is 0 Å². The average Bonchev–Trinajstić information content (AvgIpc) is 2.49. The number of rotatable bonds is 4. The molecule has 0 aliphatic carbocycles. The zero-order valence-electron chi connectivity index (χ0n) is 12.3. The van der Waals surface area contributed by atoms with E-state index in [4.69, 9.17) is 10.5 Å². The zero-order valence-corrected chi connectivity index (χ0v) is 12.3. The molecular weight excluding hydrogens is 238 g/mol. The Morgan fingerprint density at radius 2 is 1.79 bits per heavy atom. The first-order valence-electron chi connectivity index (χ1n) is 8.07. The largest absolute Gasteiger partial charge is 0.378 e. The maximum absolute atomic E-state index is 6.25. The van der Waals surface area contributed by atoms with Crippen LogP contribution in [0.2, 0.25) is 0 Å². The molecule has 19 heavy (non-hydrogen) atoms. The van der Waals surface area contributed by atoms with Gasteiger partial charge in [-0.25, -0.2) is 0 Å². The molecule has 4 heterocycles. The SMILES string of the molecule is CCOC1CCN(C2(CN)CN3CCC2CC3)CC1. The van der Waals surface area contributed by atoms with Crippen LogP contribution in [0.5, 0.6) is 0 Å². The van der Waals surface area contributed by atoms with Crippen LogP contribution in [-0.2, 0) is 4.74 Å². The average molecular weight is 267 g/mol. The minimum Gasteiger partial charge on any atom is -0.378 e. The Kier molecular flexibility index (Phi) is 4.13. The fourth-order valence-corrected chi connectivity index (χ4v) is 4.57. The molecule has 4 saturated heterocycles. The number of nitrogens with two attached hydrogens (primary N) is 1. The van der Waals surface area contributed by atoms with Gasteiger partial charge in [0.25, 0.3) is 0 Å². The van der Waals surface area contributed by atoms with E-state index in [0.29, 0.717) is 6.10 Å². The topological polar surface area (TPSA) is 41.7 Å². The number of hydrogen-bond acceptors (Lipinski definition) is 4. The summed E-state index contributed by atoms with van der Waals surface area (Å²) in [6.45, 7) is 9.91. The number of nitrogens with zero attached hydrogens (tertiary/aromatic N) is 2. The molecule has 2 N–H and O–H groups in total. The quantitative estimate of drug-likeness (QED) is 0.822. The predicted molar refractivity (Wildman–Crippen MR) is 77.2 cm³/mol. The summed E-state index contributed by atoms with van der Waals surface area (Å²) in [5, 5.41) is 0.